The number of phenols is 2. The Morgan fingerprint density at radius 2 is 1.42 bits per heavy atom. The molecular formula is C18H20O6. The molecule has 0 unspecified atom stereocenters. The van der Waals surface area contributed by atoms with Crippen molar-refractivity contribution in [1.29, 1.82) is 0 Å². The van der Waals surface area contributed by atoms with Crippen molar-refractivity contribution in [3.63, 3.8) is 0 Å². The number of aromatic hydroxyl groups is 2. The van der Waals surface area contributed by atoms with Crippen LogP contribution in [0.4, 0.5) is 0 Å². The maximum Gasteiger partial charge on any atom is 0.310 e. The minimum absolute atomic E-state index is 0.0472. The third kappa shape index (κ3) is 7.84. The van der Waals surface area contributed by atoms with Crippen molar-refractivity contribution in [1.82, 2.24) is 0 Å². The number of phenolic OH excluding ortho intramolecular Hbond substituents is 2. The number of carbonyl (C=O) groups is 2. The molecule has 0 atom stereocenters. The van der Waals surface area contributed by atoms with Crippen molar-refractivity contribution in [2.75, 3.05) is 6.61 Å². The molecule has 128 valence electrons. The average Bonchev–Trinajstić information content (AvgIpc) is 2.47. The van der Waals surface area contributed by atoms with E-state index in [9.17, 15) is 9.59 Å². The number of hydrogen-bond acceptors (Lipinski definition) is 5. The number of benzene rings is 2. The van der Waals surface area contributed by atoms with Crippen LogP contribution < -0.4 is 0 Å². The van der Waals surface area contributed by atoms with Gasteiger partial charge in [-0.15, -0.1) is 0 Å². The van der Waals surface area contributed by atoms with Gasteiger partial charge < -0.3 is 20.1 Å². The van der Waals surface area contributed by atoms with Crippen LogP contribution in [0.25, 0.3) is 0 Å². The summed E-state index contributed by atoms with van der Waals surface area (Å²) in [5.74, 6) is -0.894. The summed E-state index contributed by atoms with van der Waals surface area (Å²) in [6, 6.07) is 12.8. The Labute approximate surface area is 140 Å². The fourth-order valence-corrected chi connectivity index (χ4v) is 1.89. The van der Waals surface area contributed by atoms with Crippen LogP contribution in [0.2, 0.25) is 0 Å². The Kier molecular flexibility index (Phi) is 7.84. The number of carboxylic acid groups (broad SMARTS) is 1. The maximum absolute atomic E-state index is 11.0. The van der Waals surface area contributed by atoms with Gasteiger partial charge in [-0.2, -0.15) is 0 Å². The van der Waals surface area contributed by atoms with Gasteiger partial charge >= 0.3 is 11.9 Å². The number of carboxylic acids is 1. The highest BCUT2D eigenvalue weighted by Gasteiger charge is 2.03. The zero-order valence-corrected chi connectivity index (χ0v) is 13.3. The van der Waals surface area contributed by atoms with Gasteiger partial charge in [-0.3, -0.25) is 9.59 Å². The van der Waals surface area contributed by atoms with Gasteiger partial charge in [-0.05, 0) is 42.3 Å². The molecular weight excluding hydrogens is 312 g/mol. The molecule has 2 rings (SSSR count). The molecule has 0 aliphatic rings. The third-order valence-electron chi connectivity index (χ3n) is 2.83. The lowest BCUT2D eigenvalue weighted by Crippen LogP contribution is -2.07. The number of hydrogen-bond donors (Lipinski definition) is 3. The first kappa shape index (κ1) is 19.0. The van der Waals surface area contributed by atoms with Crippen LogP contribution >= 0.6 is 0 Å². The summed E-state index contributed by atoms with van der Waals surface area (Å²) in [5, 5.41) is 26.4. The predicted molar refractivity (Wildman–Crippen MR) is 87.9 cm³/mol. The van der Waals surface area contributed by atoms with Crippen LogP contribution in [0.1, 0.15) is 18.1 Å². The van der Waals surface area contributed by atoms with Crippen molar-refractivity contribution in [2.45, 2.75) is 19.8 Å². The Bertz CT molecular complexity index is 681. The molecule has 0 bridgehead atoms. The molecule has 0 saturated heterocycles. The fourth-order valence-electron chi connectivity index (χ4n) is 1.89. The van der Waals surface area contributed by atoms with E-state index in [1.807, 2.05) is 0 Å². The molecule has 0 spiro atoms. The lowest BCUT2D eigenvalue weighted by molar-refractivity contribution is -0.142. The zero-order chi connectivity index (χ0) is 17.9. The van der Waals surface area contributed by atoms with E-state index in [1.165, 1.54) is 12.1 Å². The molecule has 0 aliphatic carbocycles. The largest absolute Gasteiger partial charge is 0.508 e. The quantitative estimate of drug-likeness (QED) is 0.727. The van der Waals surface area contributed by atoms with Crippen molar-refractivity contribution in [3.8, 4) is 11.5 Å². The summed E-state index contributed by atoms with van der Waals surface area (Å²) in [6.45, 7) is 2.15. The molecule has 2 aromatic rings. The Morgan fingerprint density at radius 1 is 0.917 bits per heavy atom. The Hall–Kier alpha value is -3.02. The van der Waals surface area contributed by atoms with Crippen LogP contribution in [0.15, 0.2) is 48.5 Å². The van der Waals surface area contributed by atoms with Gasteiger partial charge in [0.25, 0.3) is 0 Å². The highest BCUT2D eigenvalue weighted by molar-refractivity contribution is 5.72. The molecule has 0 amide bonds. The van der Waals surface area contributed by atoms with Crippen LogP contribution in [0.3, 0.4) is 0 Å². The van der Waals surface area contributed by atoms with Gasteiger partial charge in [0.2, 0.25) is 0 Å². The summed E-state index contributed by atoms with van der Waals surface area (Å²) >= 11 is 0. The summed E-state index contributed by atoms with van der Waals surface area (Å²) < 4.78 is 4.77. The first-order valence-electron chi connectivity index (χ1n) is 7.34. The molecule has 0 fully saturated rings. The number of esters is 1. The fraction of sp³-hybridized carbons (Fsp3) is 0.222. The second-order valence-corrected chi connectivity index (χ2v) is 4.89. The van der Waals surface area contributed by atoms with E-state index in [1.54, 1.807) is 43.3 Å². The molecule has 3 N–H and O–H groups in total. The number of rotatable bonds is 5. The van der Waals surface area contributed by atoms with Gasteiger partial charge in [0.1, 0.15) is 11.5 Å². The van der Waals surface area contributed by atoms with Gasteiger partial charge in [-0.25, -0.2) is 0 Å². The smallest absolute Gasteiger partial charge is 0.310 e. The van der Waals surface area contributed by atoms with Gasteiger partial charge in [0.15, 0.2) is 0 Å². The number of carbonyl (C=O) groups excluding carboxylic acids is 1. The molecule has 2 aromatic carbocycles. The first-order valence-corrected chi connectivity index (χ1v) is 7.34. The Balaban J connectivity index is 0.000000243. The third-order valence-corrected chi connectivity index (χ3v) is 2.83. The summed E-state index contributed by atoms with van der Waals surface area (Å²) in [5.41, 5.74) is 1.37. The lowest BCUT2D eigenvalue weighted by Gasteiger charge is -2.01. The van der Waals surface area contributed by atoms with Crippen molar-refractivity contribution in [2.24, 2.45) is 0 Å². The summed E-state index contributed by atoms with van der Waals surface area (Å²) in [7, 11) is 0. The van der Waals surface area contributed by atoms with Gasteiger partial charge in [0, 0.05) is 0 Å². The van der Waals surface area contributed by atoms with Gasteiger partial charge in [0.05, 0.1) is 19.4 Å². The van der Waals surface area contributed by atoms with Crippen molar-refractivity contribution >= 4 is 11.9 Å². The maximum atomic E-state index is 11.0. The van der Waals surface area contributed by atoms with Crippen LogP contribution in [0.5, 0.6) is 11.5 Å². The summed E-state index contributed by atoms with van der Waals surface area (Å²) in [4.78, 5) is 21.2. The molecule has 0 aliphatic heterocycles. The monoisotopic (exact) mass is 332 g/mol. The van der Waals surface area contributed by atoms with E-state index in [0.29, 0.717) is 12.2 Å². The van der Waals surface area contributed by atoms with Gasteiger partial charge in [-0.1, -0.05) is 24.3 Å². The predicted octanol–water partition coefficient (Wildman–Crippen LogP) is 2.52. The molecule has 6 nitrogen and oxygen atoms in total. The lowest BCUT2D eigenvalue weighted by atomic mass is 10.1. The molecule has 24 heavy (non-hydrogen) atoms. The van der Waals surface area contributed by atoms with E-state index < -0.39 is 5.97 Å². The molecule has 6 heteroatoms. The normalized spacial score (nSPS) is 9.54. The second kappa shape index (κ2) is 9.89. The Morgan fingerprint density at radius 3 is 1.83 bits per heavy atom. The minimum Gasteiger partial charge on any atom is -0.508 e. The van der Waals surface area contributed by atoms with Crippen LogP contribution in [-0.4, -0.2) is 33.9 Å². The van der Waals surface area contributed by atoms with E-state index in [4.69, 9.17) is 20.1 Å². The molecule has 0 saturated carbocycles. The highest BCUT2D eigenvalue weighted by Crippen LogP contribution is 2.12. The minimum atomic E-state index is -0.893. The average molecular weight is 332 g/mol. The summed E-state index contributed by atoms with van der Waals surface area (Å²) in [6.07, 6.45) is 0.163. The molecule has 0 aromatic heterocycles. The van der Waals surface area contributed by atoms with Crippen molar-refractivity contribution in [3.05, 3.63) is 59.7 Å². The number of ether oxygens (including phenoxy) is 1. The highest BCUT2D eigenvalue weighted by atomic mass is 16.5. The number of aliphatic carboxylic acids is 1. The van der Waals surface area contributed by atoms with E-state index in [2.05, 4.69) is 0 Å². The van der Waals surface area contributed by atoms with E-state index in [-0.39, 0.29) is 30.3 Å². The van der Waals surface area contributed by atoms with E-state index in [0.717, 1.165) is 5.56 Å². The molecule has 0 radical (unpaired) electrons. The zero-order valence-electron chi connectivity index (χ0n) is 13.3. The standard InChI is InChI=1S/C10H12O3.C8H8O3/c1-2-13-10(12)7-8-4-3-5-9(11)6-8;9-7-3-1-2-6(4-7)5-8(10)11/h3-6,11H,2,7H2,1H3;1-4,9H,5H2,(H,10,11). The van der Waals surface area contributed by atoms with Crippen LogP contribution in [-0.2, 0) is 27.2 Å². The SMILES string of the molecule is CCOC(=O)Cc1cccc(O)c1.O=C(O)Cc1cccc(O)c1. The van der Waals surface area contributed by atoms with E-state index >= 15 is 0 Å². The van der Waals surface area contributed by atoms with Crippen LogP contribution in [0, 0.1) is 0 Å². The van der Waals surface area contributed by atoms with Crippen molar-refractivity contribution < 1.29 is 29.6 Å². The molecule has 0 heterocycles. The first-order chi connectivity index (χ1) is 11.4. The topological polar surface area (TPSA) is 104 Å². The second-order valence-electron chi connectivity index (χ2n) is 4.89.